The zero-order valence-corrected chi connectivity index (χ0v) is 11.6. The Labute approximate surface area is 115 Å². The van der Waals surface area contributed by atoms with Gasteiger partial charge in [-0.25, -0.2) is 4.68 Å². The number of nitrogens with one attached hydrogen (secondary N) is 1. The maximum absolute atomic E-state index is 11.6. The number of β-lactam (4-membered cyclic amide) rings is 1. The second-order valence-electron chi connectivity index (χ2n) is 4.19. The molecule has 1 aliphatic heterocycles. The topological polar surface area (TPSA) is 86.1 Å². The van der Waals surface area contributed by atoms with Crippen LogP contribution in [0.5, 0.6) is 0 Å². The molecule has 7 nitrogen and oxygen atoms in total. The Hall–Kier alpha value is -1.57. The third-order valence-corrected chi connectivity index (χ3v) is 3.96. The molecule has 1 fully saturated rings. The Balaban J connectivity index is 1.89. The number of nitrogens with zero attached hydrogens (tertiary/aromatic N) is 3. The van der Waals surface area contributed by atoms with Gasteiger partial charge in [-0.05, 0) is 6.42 Å². The normalized spacial score (nSPS) is 21.7. The highest BCUT2D eigenvalue weighted by atomic mass is 32.2. The minimum absolute atomic E-state index is 0.0198. The van der Waals surface area contributed by atoms with Crippen molar-refractivity contribution in [2.75, 3.05) is 18.6 Å². The van der Waals surface area contributed by atoms with Crippen molar-refractivity contribution in [2.45, 2.75) is 25.4 Å². The van der Waals surface area contributed by atoms with Crippen LogP contribution in [0.1, 0.15) is 18.7 Å². The Morgan fingerprint density at radius 1 is 1.63 bits per heavy atom. The second kappa shape index (κ2) is 6.05. The van der Waals surface area contributed by atoms with Gasteiger partial charge in [0.25, 0.3) is 0 Å². The van der Waals surface area contributed by atoms with E-state index in [-0.39, 0.29) is 29.7 Å². The standard InChI is InChI=1S/C11H16N4O3S/c1-3-7-4-15(14-13-7)10-8(12-11(10)17)5-19-6-9(16)18-2/h4,8,10H,3,5-6H2,1-2H3,(H,12,17)/t8-,10-/m0/s1. The first-order valence-electron chi connectivity index (χ1n) is 6.01. The van der Waals surface area contributed by atoms with Gasteiger partial charge in [-0.1, -0.05) is 12.1 Å². The van der Waals surface area contributed by atoms with E-state index in [1.165, 1.54) is 18.9 Å². The van der Waals surface area contributed by atoms with E-state index < -0.39 is 0 Å². The van der Waals surface area contributed by atoms with Crippen LogP contribution >= 0.6 is 11.8 Å². The van der Waals surface area contributed by atoms with Gasteiger partial charge in [0.1, 0.15) is 0 Å². The van der Waals surface area contributed by atoms with Crippen LogP contribution in [0.4, 0.5) is 0 Å². The Morgan fingerprint density at radius 2 is 2.42 bits per heavy atom. The molecule has 1 aliphatic rings. The van der Waals surface area contributed by atoms with E-state index in [0.29, 0.717) is 5.75 Å². The van der Waals surface area contributed by atoms with Gasteiger partial charge in [0, 0.05) is 11.9 Å². The summed E-state index contributed by atoms with van der Waals surface area (Å²) in [6.45, 7) is 1.99. The Kier molecular flexibility index (Phi) is 4.41. The van der Waals surface area contributed by atoms with Crippen LogP contribution in [0, 0.1) is 0 Å². The molecular weight excluding hydrogens is 268 g/mol. The van der Waals surface area contributed by atoms with Crippen LogP contribution in [0.3, 0.4) is 0 Å². The molecule has 2 atom stereocenters. The SMILES string of the molecule is CCc1cn([C@@H]2C(=O)N[C@H]2CSCC(=O)OC)nn1. The number of aryl methyl sites for hydroxylation is 1. The van der Waals surface area contributed by atoms with E-state index in [4.69, 9.17) is 0 Å². The number of hydrogen-bond acceptors (Lipinski definition) is 6. The largest absolute Gasteiger partial charge is 0.468 e. The number of ether oxygens (including phenoxy) is 1. The summed E-state index contributed by atoms with van der Waals surface area (Å²) in [4.78, 5) is 22.6. The average molecular weight is 284 g/mol. The minimum Gasteiger partial charge on any atom is -0.468 e. The summed E-state index contributed by atoms with van der Waals surface area (Å²) in [5.41, 5.74) is 0.862. The Bertz CT molecular complexity index is 476. The van der Waals surface area contributed by atoms with Gasteiger partial charge in [0.2, 0.25) is 5.91 Å². The molecule has 0 unspecified atom stereocenters. The molecule has 0 bridgehead atoms. The third-order valence-electron chi connectivity index (χ3n) is 2.93. The molecule has 0 spiro atoms. The fraction of sp³-hybridized carbons (Fsp3) is 0.636. The van der Waals surface area contributed by atoms with Crippen molar-refractivity contribution >= 4 is 23.6 Å². The first-order chi connectivity index (χ1) is 9.15. The lowest BCUT2D eigenvalue weighted by Gasteiger charge is -2.36. The maximum atomic E-state index is 11.6. The highest BCUT2D eigenvalue weighted by Gasteiger charge is 2.41. The van der Waals surface area contributed by atoms with E-state index in [9.17, 15) is 9.59 Å². The molecule has 1 N–H and O–H groups in total. The maximum Gasteiger partial charge on any atom is 0.315 e. The molecule has 0 radical (unpaired) electrons. The van der Waals surface area contributed by atoms with Gasteiger partial charge in [-0.2, -0.15) is 0 Å². The lowest BCUT2D eigenvalue weighted by molar-refractivity contribution is -0.137. The van der Waals surface area contributed by atoms with Gasteiger partial charge < -0.3 is 10.1 Å². The van der Waals surface area contributed by atoms with Crippen molar-refractivity contribution in [1.82, 2.24) is 20.3 Å². The number of methoxy groups -OCH3 is 1. The number of carbonyl (C=O) groups is 2. The summed E-state index contributed by atoms with van der Waals surface area (Å²) >= 11 is 1.43. The zero-order chi connectivity index (χ0) is 13.8. The second-order valence-corrected chi connectivity index (χ2v) is 5.22. The van der Waals surface area contributed by atoms with Crippen LogP contribution in [-0.4, -0.2) is 51.5 Å². The number of esters is 1. The van der Waals surface area contributed by atoms with Crippen LogP contribution < -0.4 is 5.32 Å². The monoisotopic (exact) mass is 284 g/mol. The van der Waals surface area contributed by atoms with Crippen LogP contribution in [0.2, 0.25) is 0 Å². The Morgan fingerprint density at radius 3 is 3.00 bits per heavy atom. The van der Waals surface area contributed by atoms with E-state index in [0.717, 1.165) is 12.1 Å². The van der Waals surface area contributed by atoms with Gasteiger partial charge >= 0.3 is 5.97 Å². The fourth-order valence-corrected chi connectivity index (χ4v) is 2.73. The molecule has 1 saturated heterocycles. The summed E-state index contributed by atoms with van der Waals surface area (Å²) < 4.78 is 6.16. The number of amides is 1. The van der Waals surface area contributed by atoms with Crippen molar-refractivity contribution < 1.29 is 14.3 Å². The highest BCUT2D eigenvalue weighted by Crippen LogP contribution is 2.23. The van der Waals surface area contributed by atoms with E-state index in [2.05, 4.69) is 20.4 Å². The van der Waals surface area contributed by atoms with Crippen molar-refractivity contribution in [1.29, 1.82) is 0 Å². The third kappa shape index (κ3) is 3.06. The summed E-state index contributed by atoms with van der Waals surface area (Å²) in [5, 5.41) is 10.8. The number of rotatable bonds is 6. The molecule has 8 heteroatoms. The molecule has 1 aromatic heterocycles. The smallest absolute Gasteiger partial charge is 0.315 e. The molecule has 1 amide bonds. The summed E-state index contributed by atoms with van der Waals surface area (Å²) in [5.74, 6) is 0.609. The first-order valence-corrected chi connectivity index (χ1v) is 7.16. The van der Waals surface area contributed by atoms with E-state index in [1.54, 1.807) is 10.9 Å². The quantitative estimate of drug-likeness (QED) is 0.574. The van der Waals surface area contributed by atoms with Gasteiger partial charge in [0.15, 0.2) is 6.04 Å². The predicted molar refractivity (Wildman–Crippen MR) is 69.7 cm³/mol. The van der Waals surface area contributed by atoms with Crippen molar-refractivity contribution in [3.8, 4) is 0 Å². The minimum atomic E-state index is -0.321. The van der Waals surface area contributed by atoms with Crippen molar-refractivity contribution in [3.05, 3.63) is 11.9 Å². The first kappa shape index (κ1) is 13.9. The van der Waals surface area contributed by atoms with Gasteiger partial charge in [0.05, 0.1) is 24.6 Å². The van der Waals surface area contributed by atoms with Crippen LogP contribution in [0.15, 0.2) is 6.20 Å². The molecule has 1 aromatic rings. The molecule has 0 aliphatic carbocycles. The summed E-state index contributed by atoms with van der Waals surface area (Å²) in [6.07, 6.45) is 2.58. The van der Waals surface area contributed by atoms with E-state index in [1.807, 2.05) is 6.92 Å². The molecule has 104 valence electrons. The van der Waals surface area contributed by atoms with Gasteiger partial charge in [-0.3, -0.25) is 9.59 Å². The number of hydrogen-bond donors (Lipinski definition) is 1. The van der Waals surface area contributed by atoms with Gasteiger partial charge in [-0.15, -0.1) is 16.9 Å². The molecule has 19 heavy (non-hydrogen) atoms. The average Bonchev–Trinajstić information content (AvgIpc) is 2.85. The molecule has 2 rings (SSSR count). The lowest BCUT2D eigenvalue weighted by atomic mass is 10.0. The number of aromatic nitrogens is 3. The molecular formula is C11H16N4O3S. The van der Waals surface area contributed by atoms with Crippen molar-refractivity contribution in [3.63, 3.8) is 0 Å². The highest BCUT2D eigenvalue weighted by molar-refractivity contribution is 7.99. The molecule has 0 saturated carbocycles. The predicted octanol–water partition coefficient (Wildman–Crippen LogP) is -0.214. The number of carbonyl (C=O) groups excluding carboxylic acids is 2. The van der Waals surface area contributed by atoms with Crippen LogP contribution in [-0.2, 0) is 20.7 Å². The van der Waals surface area contributed by atoms with Crippen LogP contribution in [0.25, 0.3) is 0 Å². The molecule has 2 heterocycles. The van der Waals surface area contributed by atoms with Crippen molar-refractivity contribution in [2.24, 2.45) is 0 Å². The number of thioether (sulfide) groups is 1. The summed E-state index contributed by atoms with van der Waals surface area (Å²) in [7, 11) is 1.36. The summed E-state index contributed by atoms with van der Waals surface area (Å²) in [6, 6.07) is -0.341. The molecule has 0 aromatic carbocycles. The lowest BCUT2D eigenvalue weighted by Crippen LogP contribution is -2.60. The fourth-order valence-electron chi connectivity index (χ4n) is 1.81. The van der Waals surface area contributed by atoms with E-state index >= 15 is 0 Å². The zero-order valence-electron chi connectivity index (χ0n) is 10.8.